The molecule has 0 aliphatic carbocycles. The summed E-state index contributed by atoms with van der Waals surface area (Å²) < 4.78 is 20.5. The van der Waals surface area contributed by atoms with Crippen molar-refractivity contribution in [2.75, 3.05) is 32.9 Å². The standard InChI is InChI=1S/C10H20NO9P/c12-5-8(14)6-20-21(17,18)19-2-1-11-4-7(13)3-9(11)10(15)16/h7-9,12-14H,1-6H2,(H,15,16)(H,17,18)/t7-,8?,9+/m1/s1. The maximum Gasteiger partial charge on any atom is 0.472 e. The summed E-state index contributed by atoms with van der Waals surface area (Å²) in [7, 11) is -4.38. The molecule has 4 atom stereocenters. The molecule has 0 aromatic carbocycles. The Hall–Kier alpha value is -0.580. The Morgan fingerprint density at radius 2 is 2.10 bits per heavy atom. The Labute approximate surface area is 121 Å². The van der Waals surface area contributed by atoms with Crippen LogP contribution in [-0.2, 0) is 18.4 Å². The minimum atomic E-state index is -4.38. The van der Waals surface area contributed by atoms with Crippen molar-refractivity contribution in [3.05, 3.63) is 0 Å². The smallest absolute Gasteiger partial charge is 0.472 e. The number of carboxylic acids is 1. The fraction of sp³-hybridized carbons (Fsp3) is 0.900. The van der Waals surface area contributed by atoms with Gasteiger partial charge in [0.15, 0.2) is 0 Å². The van der Waals surface area contributed by atoms with Crippen molar-refractivity contribution in [3.63, 3.8) is 0 Å². The highest BCUT2D eigenvalue weighted by molar-refractivity contribution is 7.47. The highest BCUT2D eigenvalue weighted by Gasteiger charge is 2.36. The molecule has 1 aliphatic rings. The molecule has 1 aliphatic heterocycles. The third kappa shape index (κ3) is 6.37. The van der Waals surface area contributed by atoms with Gasteiger partial charge in [-0.1, -0.05) is 0 Å². The van der Waals surface area contributed by atoms with Gasteiger partial charge in [0.2, 0.25) is 0 Å². The lowest BCUT2D eigenvalue weighted by Gasteiger charge is -2.21. The van der Waals surface area contributed by atoms with E-state index in [0.29, 0.717) is 0 Å². The molecule has 1 rings (SSSR count). The molecule has 1 saturated heterocycles. The first-order valence-corrected chi connectivity index (χ1v) is 7.80. The number of aliphatic hydroxyl groups excluding tert-OH is 3. The SMILES string of the molecule is O=C(O)[C@@H]1C[C@@H](O)CN1CCOP(=O)(O)OCC(O)CO. The largest absolute Gasteiger partial charge is 0.480 e. The zero-order valence-corrected chi connectivity index (χ0v) is 12.1. The van der Waals surface area contributed by atoms with Gasteiger partial charge in [-0.3, -0.25) is 18.7 Å². The Morgan fingerprint density at radius 3 is 2.67 bits per heavy atom. The summed E-state index contributed by atoms with van der Waals surface area (Å²) in [6, 6.07) is -0.862. The van der Waals surface area contributed by atoms with Crippen molar-refractivity contribution in [2.45, 2.75) is 24.7 Å². The lowest BCUT2D eigenvalue weighted by Crippen LogP contribution is -2.38. The number of nitrogens with zero attached hydrogens (tertiary/aromatic N) is 1. The van der Waals surface area contributed by atoms with Crippen molar-refractivity contribution in [3.8, 4) is 0 Å². The van der Waals surface area contributed by atoms with Crippen LogP contribution in [0.25, 0.3) is 0 Å². The van der Waals surface area contributed by atoms with E-state index in [-0.39, 0.29) is 26.1 Å². The molecule has 0 aromatic heterocycles. The second kappa shape index (κ2) is 8.16. The highest BCUT2D eigenvalue weighted by Crippen LogP contribution is 2.43. The van der Waals surface area contributed by atoms with E-state index in [4.69, 9.17) is 15.3 Å². The van der Waals surface area contributed by atoms with E-state index in [0.717, 1.165) is 0 Å². The summed E-state index contributed by atoms with van der Waals surface area (Å²) in [4.78, 5) is 21.7. The maximum atomic E-state index is 11.4. The van der Waals surface area contributed by atoms with Gasteiger partial charge in [0.05, 0.1) is 25.9 Å². The predicted octanol–water partition coefficient (Wildman–Crippen LogP) is -2.01. The Balaban J connectivity index is 2.34. The normalized spacial score (nSPS) is 27.4. The van der Waals surface area contributed by atoms with E-state index in [9.17, 15) is 19.4 Å². The Kier molecular flexibility index (Phi) is 7.17. The molecule has 11 heteroatoms. The fourth-order valence-corrected chi connectivity index (χ4v) is 2.67. The number of phosphoric ester groups is 1. The second-order valence-electron chi connectivity index (χ2n) is 4.67. The van der Waals surface area contributed by atoms with E-state index in [1.165, 1.54) is 4.90 Å². The molecule has 5 N–H and O–H groups in total. The number of carboxylic acid groups (broad SMARTS) is 1. The number of β-amino-alcohol motifs (C(OH)–C–C–N with tert-alkyl or cyclic N) is 1. The molecule has 0 saturated carbocycles. The van der Waals surface area contributed by atoms with Crippen molar-refractivity contribution in [2.24, 2.45) is 0 Å². The maximum absolute atomic E-state index is 11.4. The minimum absolute atomic E-state index is 0.0322. The number of phosphoric acid groups is 1. The molecule has 0 bridgehead atoms. The molecule has 21 heavy (non-hydrogen) atoms. The van der Waals surface area contributed by atoms with Gasteiger partial charge in [0.25, 0.3) is 0 Å². The summed E-state index contributed by atoms with van der Waals surface area (Å²) in [6.07, 6.45) is -1.96. The van der Waals surface area contributed by atoms with Crippen molar-refractivity contribution in [1.29, 1.82) is 0 Å². The Morgan fingerprint density at radius 1 is 1.43 bits per heavy atom. The van der Waals surface area contributed by atoms with Crippen LogP contribution in [0.15, 0.2) is 0 Å². The number of rotatable bonds is 9. The average Bonchev–Trinajstić information content (AvgIpc) is 2.77. The van der Waals surface area contributed by atoms with E-state index in [2.05, 4.69) is 9.05 Å². The average molecular weight is 329 g/mol. The van der Waals surface area contributed by atoms with Crippen LogP contribution < -0.4 is 0 Å². The van der Waals surface area contributed by atoms with E-state index < -0.39 is 45.3 Å². The predicted molar refractivity (Wildman–Crippen MR) is 68.4 cm³/mol. The summed E-state index contributed by atoms with van der Waals surface area (Å²) in [6.45, 7) is -1.29. The fourth-order valence-electron chi connectivity index (χ4n) is 1.93. The van der Waals surface area contributed by atoms with Gasteiger partial charge in [-0.05, 0) is 0 Å². The quantitative estimate of drug-likeness (QED) is 0.299. The topological polar surface area (TPSA) is 157 Å². The third-order valence-corrected chi connectivity index (χ3v) is 3.92. The first-order chi connectivity index (χ1) is 9.75. The van der Waals surface area contributed by atoms with Crippen molar-refractivity contribution in [1.82, 2.24) is 4.90 Å². The molecule has 0 radical (unpaired) electrons. The molecule has 0 aromatic rings. The molecule has 1 heterocycles. The summed E-state index contributed by atoms with van der Waals surface area (Å²) in [5.41, 5.74) is 0. The molecule has 2 unspecified atom stereocenters. The molecule has 124 valence electrons. The van der Waals surface area contributed by atoms with Crippen LogP contribution in [0.5, 0.6) is 0 Å². The van der Waals surface area contributed by atoms with Gasteiger partial charge in [-0.25, -0.2) is 4.57 Å². The lowest BCUT2D eigenvalue weighted by atomic mass is 10.2. The molecular weight excluding hydrogens is 309 g/mol. The molecular formula is C10H20NO9P. The third-order valence-electron chi connectivity index (χ3n) is 2.94. The van der Waals surface area contributed by atoms with E-state index in [1.807, 2.05) is 0 Å². The molecule has 1 fully saturated rings. The number of hydrogen-bond acceptors (Lipinski definition) is 8. The number of aliphatic carboxylic acids is 1. The van der Waals surface area contributed by atoms with Crippen LogP contribution in [0.4, 0.5) is 0 Å². The van der Waals surface area contributed by atoms with Crippen molar-refractivity contribution < 1.29 is 43.7 Å². The number of carbonyl (C=O) groups is 1. The van der Waals surface area contributed by atoms with Crippen LogP contribution in [0.1, 0.15) is 6.42 Å². The van der Waals surface area contributed by atoms with Crippen LogP contribution >= 0.6 is 7.82 Å². The first kappa shape index (κ1) is 18.5. The monoisotopic (exact) mass is 329 g/mol. The number of likely N-dealkylation sites (tertiary alicyclic amines) is 1. The van der Waals surface area contributed by atoms with Gasteiger partial charge in [-0.15, -0.1) is 0 Å². The number of aliphatic hydroxyl groups is 3. The first-order valence-electron chi connectivity index (χ1n) is 6.31. The van der Waals surface area contributed by atoms with Crippen molar-refractivity contribution >= 4 is 13.8 Å². The van der Waals surface area contributed by atoms with E-state index in [1.54, 1.807) is 0 Å². The molecule has 10 nitrogen and oxygen atoms in total. The van der Waals surface area contributed by atoms with Crippen LogP contribution in [-0.4, -0.2) is 87.3 Å². The van der Waals surface area contributed by atoms with E-state index >= 15 is 0 Å². The zero-order chi connectivity index (χ0) is 16.0. The molecule has 0 spiro atoms. The van der Waals surface area contributed by atoms with Crippen LogP contribution in [0, 0.1) is 0 Å². The van der Waals surface area contributed by atoms with Crippen LogP contribution in [0.3, 0.4) is 0 Å². The highest BCUT2D eigenvalue weighted by atomic mass is 31.2. The van der Waals surface area contributed by atoms with Gasteiger partial charge in [0.1, 0.15) is 12.1 Å². The van der Waals surface area contributed by atoms with Crippen LogP contribution in [0.2, 0.25) is 0 Å². The Bertz CT molecular complexity index is 393. The number of hydrogen-bond donors (Lipinski definition) is 5. The second-order valence-corrected chi connectivity index (χ2v) is 6.13. The summed E-state index contributed by atoms with van der Waals surface area (Å²) in [5.74, 6) is -1.08. The van der Waals surface area contributed by atoms with Gasteiger partial charge in [0, 0.05) is 19.5 Å². The minimum Gasteiger partial charge on any atom is -0.480 e. The summed E-state index contributed by atoms with van der Waals surface area (Å²) >= 11 is 0. The summed E-state index contributed by atoms with van der Waals surface area (Å²) in [5, 5.41) is 35.9. The molecule has 0 amide bonds. The lowest BCUT2D eigenvalue weighted by molar-refractivity contribution is -0.142. The van der Waals surface area contributed by atoms with Gasteiger partial charge >= 0.3 is 13.8 Å². The van der Waals surface area contributed by atoms with Gasteiger partial charge < -0.3 is 25.3 Å². The zero-order valence-electron chi connectivity index (χ0n) is 11.2. The van der Waals surface area contributed by atoms with Gasteiger partial charge in [-0.2, -0.15) is 0 Å².